The van der Waals surface area contributed by atoms with Crippen LogP contribution < -0.4 is 20.1 Å². The Morgan fingerprint density at radius 2 is 1.63 bits per heavy atom. The van der Waals surface area contributed by atoms with E-state index in [2.05, 4.69) is 10.6 Å². The zero-order valence-electron chi connectivity index (χ0n) is 15.1. The van der Waals surface area contributed by atoms with E-state index < -0.39 is 0 Å². The number of carbonyl (C=O) groups is 1. The quantitative estimate of drug-likeness (QED) is 0.563. The van der Waals surface area contributed by atoms with Crippen molar-refractivity contribution >= 4 is 23.2 Å². The second-order valence-corrected chi connectivity index (χ2v) is 6.82. The molecular formula is C21H24N2O3S. The summed E-state index contributed by atoms with van der Waals surface area (Å²) >= 11 is 5.27. The maximum Gasteiger partial charge on any atom is 0.261 e. The van der Waals surface area contributed by atoms with E-state index in [1.807, 2.05) is 36.4 Å². The maximum atomic E-state index is 12.6. The highest BCUT2D eigenvalue weighted by atomic mass is 32.1. The third-order valence-corrected chi connectivity index (χ3v) is 4.62. The molecule has 0 spiro atoms. The van der Waals surface area contributed by atoms with E-state index >= 15 is 0 Å². The average Bonchev–Trinajstić information content (AvgIpc) is 3.19. The van der Waals surface area contributed by atoms with Gasteiger partial charge in [0.05, 0.1) is 5.56 Å². The van der Waals surface area contributed by atoms with E-state index in [0.717, 1.165) is 18.6 Å². The second kappa shape index (κ2) is 9.92. The Labute approximate surface area is 165 Å². The molecule has 0 aliphatic heterocycles. The predicted molar refractivity (Wildman–Crippen MR) is 109 cm³/mol. The van der Waals surface area contributed by atoms with E-state index in [4.69, 9.17) is 21.7 Å². The van der Waals surface area contributed by atoms with Gasteiger partial charge in [0.2, 0.25) is 0 Å². The van der Waals surface area contributed by atoms with Gasteiger partial charge in [-0.3, -0.25) is 10.1 Å². The standard InChI is InChI=1S/C21H24N2O3S/c24-20(23-21(27)22-16-8-4-5-9-16)18-12-6-7-13-19(18)26-15-14-25-17-10-2-1-3-11-17/h1-3,6-7,10-13,16H,4-5,8-9,14-15H2,(H2,22,23,24,27). The van der Waals surface area contributed by atoms with Crippen molar-refractivity contribution in [2.45, 2.75) is 31.7 Å². The highest BCUT2D eigenvalue weighted by Gasteiger charge is 2.18. The molecule has 3 rings (SSSR count). The van der Waals surface area contributed by atoms with Gasteiger partial charge in [0, 0.05) is 6.04 Å². The molecule has 1 saturated carbocycles. The van der Waals surface area contributed by atoms with Gasteiger partial charge in [-0.2, -0.15) is 0 Å². The van der Waals surface area contributed by atoms with Gasteiger partial charge in [-0.15, -0.1) is 0 Å². The zero-order valence-corrected chi connectivity index (χ0v) is 16.0. The Hall–Kier alpha value is -2.60. The molecule has 0 bridgehead atoms. The maximum absolute atomic E-state index is 12.6. The van der Waals surface area contributed by atoms with E-state index in [-0.39, 0.29) is 5.91 Å². The van der Waals surface area contributed by atoms with Crippen LogP contribution in [-0.4, -0.2) is 30.3 Å². The van der Waals surface area contributed by atoms with Crippen LogP contribution in [0.3, 0.4) is 0 Å². The predicted octanol–water partition coefficient (Wildman–Crippen LogP) is 3.69. The van der Waals surface area contributed by atoms with Crippen LogP contribution in [0.15, 0.2) is 54.6 Å². The Kier molecular flexibility index (Phi) is 7.04. The molecule has 2 N–H and O–H groups in total. The third-order valence-electron chi connectivity index (χ3n) is 4.40. The van der Waals surface area contributed by atoms with Crippen LogP contribution in [-0.2, 0) is 0 Å². The van der Waals surface area contributed by atoms with E-state index in [1.54, 1.807) is 18.2 Å². The van der Waals surface area contributed by atoms with Gasteiger partial charge in [-0.05, 0) is 49.3 Å². The highest BCUT2D eigenvalue weighted by Crippen LogP contribution is 2.19. The molecule has 1 aliphatic rings. The topological polar surface area (TPSA) is 59.6 Å². The Bertz CT molecular complexity index is 761. The van der Waals surface area contributed by atoms with Crippen LogP contribution >= 0.6 is 12.2 Å². The summed E-state index contributed by atoms with van der Waals surface area (Å²) in [6.07, 6.45) is 4.60. The third kappa shape index (κ3) is 5.96. The first-order valence-corrected chi connectivity index (χ1v) is 9.65. The normalized spacial score (nSPS) is 13.8. The lowest BCUT2D eigenvalue weighted by Gasteiger charge is -2.16. The molecule has 0 saturated heterocycles. The van der Waals surface area contributed by atoms with Crippen LogP contribution in [0.2, 0.25) is 0 Å². The van der Waals surface area contributed by atoms with Crippen molar-refractivity contribution in [3.8, 4) is 11.5 Å². The summed E-state index contributed by atoms with van der Waals surface area (Å²) in [6.45, 7) is 0.728. The van der Waals surface area contributed by atoms with Crippen LogP contribution in [0.4, 0.5) is 0 Å². The van der Waals surface area contributed by atoms with Crippen molar-refractivity contribution in [2.75, 3.05) is 13.2 Å². The molecule has 0 unspecified atom stereocenters. The second-order valence-electron chi connectivity index (χ2n) is 6.42. The van der Waals surface area contributed by atoms with Crippen molar-refractivity contribution in [3.63, 3.8) is 0 Å². The first-order chi connectivity index (χ1) is 13.2. The van der Waals surface area contributed by atoms with E-state index in [9.17, 15) is 4.79 Å². The molecule has 5 nitrogen and oxygen atoms in total. The zero-order chi connectivity index (χ0) is 18.9. The van der Waals surface area contributed by atoms with E-state index in [0.29, 0.717) is 35.7 Å². The molecule has 1 amide bonds. The lowest BCUT2D eigenvalue weighted by Crippen LogP contribution is -2.43. The number of amides is 1. The summed E-state index contributed by atoms with van der Waals surface area (Å²) in [6, 6.07) is 17.0. The summed E-state index contributed by atoms with van der Waals surface area (Å²) < 4.78 is 11.4. The summed E-state index contributed by atoms with van der Waals surface area (Å²) in [5.74, 6) is 1.02. The number of ether oxygens (including phenoxy) is 2. The molecule has 0 radical (unpaired) electrons. The molecule has 2 aromatic carbocycles. The van der Waals surface area contributed by atoms with Gasteiger partial charge in [-0.1, -0.05) is 43.2 Å². The number of benzene rings is 2. The SMILES string of the molecule is O=C(NC(=S)NC1CCCC1)c1ccccc1OCCOc1ccccc1. The highest BCUT2D eigenvalue weighted by molar-refractivity contribution is 7.80. The van der Waals surface area contributed by atoms with Gasteiger partial charge < -0.3 is 14.8 Å². The number of carbonyl (C=O) groups excluding carboxylic acids is 1. The number of thiocarbonyl (C=S) groups is 1. The lowest BCUT2D eigenvalue weighted by molar-refractivity contribution is 0.0971. The van der Waals surface area contributed by atoms with E-state index in [1.165, 1.54) is 12.8 Å². The molecule has 1 fully saturated rings. The summed E-state index contributed by atoms with van der Waals surface area (Å²) in [5.41, 5.74) is 0.452. The van der Waals surface area contributed by atoms with Gasteiger partial charge in [0.1, 0.15) is 24.7 Å². The smallest absolute Gasteiger partial charge is 0.261 e. The average molecular weight is 385 g/mol. The lowest BCUT2D eigenvalue weighted by atomic mass is 10.2. The van der Waals surface area contributed by atoms with Crippen molar-refractivity contribution in [1.82, 2.24) is 10.6 Å². The first kappa shape index (κ1) is 19.2. The molecule has 1 aliphatic carbocycles. The number of rotatable bonds is 7. The Morgan fingerprint density at radius 3 is 2.41 bits per heavy atom. The fraction of sp³-hybridized carbons (Fsp3) is 0.333. The van der Waals surface area contributed by atoms with Gasteiger partial charge in [0.25, 0.3) is 5.91 Å². The minimum absolute atomic E-state index is 0.273. The van der Waals surface area contributed by atoms with Crippen molar-refractivity contribution in [1.29, 1.82) is 0 Å². The van der Waals surface area contributed by atoms with Crippen LogP contribution in [0.1, 0.15) is 36.0 Å². The van der Waals surface area contributed by atoms with Crippen LogP contribution in [0.25, 0.3) is 0 Å². The Morgan fingerprint density at radius 1 is 0.963 bits per heavy atom. The molecule has 0 aromatic heterocycles. The molecule has 0 heterocycles. The first-order valence-electron chi connectivity index (χ1n) is 9.24. The summed E-state index contributed by atoms with van der Waals surface area (Å²) in [7, 11) is 0. The van der Waals surface area contributed by atoms with Crippen molar-refractivity contribution in [3.05, 3.63) is 60.2 Å². The molecular weight excluding hydrogens is 360 g/mol. The fourth-order valence-electron chi connectivity index (χ4n) is 3.07. The number of hydrogen-bond acceptors (Lipinski definition) is 4. The van der Waals surface area contributed by atoms with Crippen molar-refractivity contribution in [2.24, 2.45) is 0 Å². The van der Waals surface area contributed by atoms with Crippen molar-refractivity contribution < 1.29 is 14.3 Å². The fourth-order valence-corrected chi connectivity index (χ4v) is 3.33. The molecule has 6 heteroatoms. The summed E-state index contributed by atoms with van der Waals surface area (Å²) in [4.78, 5) is 12.6. The Balaban J connectivity index is 1.50. The molecule has 27 heavy (non-hydrogen) atoms. The number of hydrogen-bond donors (Lipinski definition) is 2. The van der Waals surface area contributed by atoms with Gasteiger partial charge in [0.15, 0.2) is 5.11 Å². The van der Waals surface area contributed by atoms with Crippen LogP contribution in [0.5, 0.6) is 11.5 Å². The minimum Gasteiger partial charge on any atom is -0.490 e. The summed E-state index contributed by atoms with van der Waals surface area (Å²) in [5, 5.41) is 6.33. The molecule has 2 aromatic rings. The minimum atomic E-state index is -0.273. The molecule has 0 atom stereocenters. The largest absolute Gasteiger partial charge is 0.490 e. The van der Waals surface area contributed by atoms with Gasteiger partial charge >= 0.3 is 0 Å². The van der Waals surface area contributed by atoms with Crippen LogP contribution in [0, 0.1) is 0 Å². The molecule has 142 valence electrons. The monoisotopic (exact) mass is 384 g/mol. The number of nitrogens with one attached hydrogen (secondary N) is 2. The number of para-hydroxylation sites is 2. The van der Waals surface area contributed by atoms with Gasteiger partial charge in [-0.25, -0.2) is 0 Å².